The first kappa shape index (κ1) is 11.7. The largest absolute Gasteiger partial charge is 0.417 e. The van der Waals surface area contributed by atoms with Gasteiger partial charge in [-0.3, -0.25) is 4.98 Å². The normalized spacial score (nSPS) is 10.9. The van der Waals surface area contributed by atoms with E-state index in [0.29, 0.717) is 11.1 Å². The van der Waals surface area contributed by atoms with Crippen LogP contribution in [0.4, 0.5) is 5.69 Å². The molecule has 0 saturated heterocycles. The molecule has 0 unspecified atom stereocenters. The second-order valence-electron chi connectivity index (χ2n) is 4.05. The molecule has 2 N–H and O–H groups in total. The molecule has 0 saturated carbocycles. The predicted molar refractivity (Wildman–Crippen MR) is 66.4 cm³/mol. The van der Waals surface area contributed by atoms with Crippen molar-refractivity contribution in [2.45, 2.75) is 12.8 Å². The summed E-state index contributed by atoms with van der Waals surface area (Å²) >= 11 is 0. The first-order chi connectivity index (χ1) is 8.20. The van der Waals surface area contributed by atoms with Gasteiger partial charge in [0.1, 0.15) is 0 Å². The summed E-state index contributed by atoms with van der Waals surface area (Å²) in [6, 6.07) is 5.59. The molecule has 0 aliphatic carbocycles. The number of nitrogens with zero attached hydrogens (tertiary/aromatic N) is 1. The first-order valence-electron chi connectivity index (χ1n) is 5.65. The average molecular weight is 236 g/mol. The van der Waals surface area contributed by atoms with Crippen molar-refractivity contribution in [2.75, 3.05) is 25.1 Å². The average Bonchev–Trinajstić information content (AvgIpc) is 2.68. The van der Waals surface area contributed by atoms with Crippen LogP contribution in [0.3, 0.4) is 0 Å². The highest BCUT2D eigenvalue weighted by molar-refractivity contribution is 5.77. The summed E-state index contributed by atoms with van der Waals surface area (Å²) in [5, 5.41) is 8.72. The lowest BCUT2D eigenvalue weighted by Crippen LogP contribution is -2.18. The Morgan fingerprint density at radius 1 is 1.41 bits per heavy atom. The number of fused-ring (bicyclic) bond motifs is 1. The van der Waals surface area contributed by atoms with Gasteiger partial charge in [-0.2, -0.15) is 0 Å². The van der Waals surface area contributed by atoms with E-state index in [0.717, 1.165) is 25.1 Å². The molecule has 0 aliphatic heterocycles. The number of anilines is 1. The van der Waals surface area contributed by atoms with E-state index in [2.05, 4.69) is 9.88 Å². The number of aliphatic hydroxyl groups is 1. The Balaban J connectivity index is 2.14. The molecule has 0 spiro atoms. The molecule has 1 heterocycles. The Morgan fingerprint density at radius 3 is 3.00 bits per heavy atom. The van der Waals surface area contributed by atoms with E-state index in [-0.39, 0.29) is 6.61 Å². The Hall–Kier alpha value is -1.75. The summed E-state index contributed by atoms with van der Waals surface area (Å²) in [6.07, 6.45) is 1.74. The van der Waals surface area contributed by atoms with Crippen LogP contribution in [-0.2, 0) is 0 Å². The molecule has 1 aromatic heterocycles. The van der Waals surface area contributed by atoms with Crippen molar-refractivity contribution < 1.29 is 9.52 Å². The van der Waals surface area contributed by atoms with E-state index in [1.807, 2.05) is 19.2 Å². The fraction of sp³-hybridized carbons (Fsp3) is 0.417. The number of H-pyrrole nitrogens is 1. The van der Waals surface area contributed by atoms with E-state index >= 15 is 0 Å². The van der Waals surface area contributed by atoms with E-state index in [9.17, 15) is 4.79 Å². The molecule has 0 bridgehead atoms. The van der Waals surface area contributed by atoms with Crippen molar-refractivity contribution in [2.24, 2.45) is 0 Å². The molecule has 0 radical (unpaired) electrons. The number of aromatic amines is 1. The quantitative estimate of drug-likeness (QED) is 0.768. The molecule has 0 amide bonds. The van der Waals surface area contributed by atoms with Gasteiger partial charge in [0.25, 0.3) is 0 Å². The van der Waals surface area contributed by atoms with Crippen molar-refractivity contribution >= 4 is 16.8 Å². The number of rotatable bonds is 5. The van der Waals surface area contributed by atoms with Gasteiger partial charge in [0.15, 0.2) is 5.58 Å². The molecular weight excluding hydrogens is 220 g/mol. The fourth-order valence-corrected chi connectivity index (χ4v) is 1.77. The highest BCUT2D eigenvalue weighted by Gasteiger charge is 2.05. The summed E-state index contributed by atoms with van der Waals surface area (Å²) < 4.78 is 4.94. The van der Waals surface area contributed by atoms with Crippen LogP contribution < -0.4 is 10.7 Å². The predicted octanol–water partition coefficient (Wildman–Crippen LogP) is 1.33. The van der Waals surface area contributed by atoms with Crippen LogP contribution in [0, 0.1) is 0 Å². The number of benzene rings is 1. The molecule has 2 rings (SSSR count). The summed E-state index contributed by atoms with van der Waals surface area (Å²) in [5.74, 6) is -0.430. The van der Waals surface area contributed by atoms with Crippen LogP contribution in [0.15, 0.2) is 27.4 Å². The zero-order chi connectivity index (χ0) is 12.3. The number of aromatic nitrogens is 1. The molecule has 5 nitrogen and oxygen atoms in total. The Morgan fingerprint density at radius 2 is 2.24 bits per heavy atom. The molecule has 5 heteroatoms. The minimum Gasteiger partial charge on any atom is -0.408 e. The minimum absolute atomic E-state index is 0.224. The minimum atomic E-state index is -0.430. The van der Waals surface area contributed by atoms with E-state index in [4.69, 9.17) is 9.52 Å². The maximum absolute atomic E-state index is 11.0. The van der Waals surface area contributed by atoms with Crippen LogP contribution in [0.5, 0.6) is 0 Å². The third-order valence-corrected chi connectivity index (χ3v) is 2.74. The third-order valence-electron chi connectivity index (χ3n) is 2.74. The lowest BCUT2D eigenvalue weighted by molar-refractivity contribution is 0.285. The van der Waals surface area contributed by atoms with Crippen molar-refractivity contribution in [3.63, 3.8) is 0 Å². The van der Waals surface area contributed by atoms with Crippen LogP contribution in [0.1, 0.15) is 12.8 Å². The number of oxazole rings is 1. The zero-order valence-corrected chi connectivity index (χ0v) is 9.77. The third kappa shape index (κ3) is 2.68. The topological polar surface area (TPSA) is 69.5 Å². The van der Waals surface area contributed by atoms with Gasteiger partial charge < -0.3 is 14.4 Å². The lowest BCUT2D eigenvalue weighted by Gasteiger charge is -2.18. The summed E-state index contributed by atoms with van der Waals surface area (Å²) in [7, 11) is 1.98. The van der Waals surface area contributed by atoms with Gasteiger partial charge in [-0.15, -0.1) is 0 Å². The number of hydrogen-bond donors (Lipinski definition) is 2. The zero-order valence-electron chi connectivity index (χ0n) is 9.77. The number of aliphatic hydroxyl groups excluding tert-OH is 1. The fourth-order valence-electron chi connectivity index (χ4n) is 1.77. The van der Waals surface area contributed by atoms with Crippen LogP contribution >= 0.6 is 0 Å². The molecule has 1 aromatic carbocycles. The number of nitrogens with one attached hydrogen (secondary N) is 1. The van der Waals surface area contributed by atoms with Crippen molar-refractivity contribution in [3.05, 3.63) is 28.7 Å². The Bertz CT molecular complexity index is 544. The Labute approximate surface area is 98.7 Å². The standard InChI is InChI=1S/C12H16N2O3/c1-14(6-2-3-7-15)9-4-5-11-10(8-9)13-12(16)17-11/h4-5,8,15H,2-3,6-7H2,1H3,(H,13,16). The second-order valence-corrected chi connectivity index (χ2v) is 4.05. The van der Waals surface area contributed by atoms with Gasteiger partial charge in [-0.1, -0.05) is 0 Å². The molecule has 0 atom stereocenters. The van der Waals surface area contributed by atoms with Crippen molar-refractivity contribution in [1.29, 1.82) is 0 Å². The van der Waals surface area contributed by atoms with Crippen molar-refractivity contribution in [1.82, 2.24) is 4.98 Å². The molecule has 2 aromatic rings. The van der Waals surface area contributed by atoms with Gasteiger partial charge in [0.2, 0.25) is 0 Å². The van der Waals surface area contributed by atoms with Crippen LogP contribution in [0.2, 0.25) is 0 Å². The summed E-state index contributed by atoms with van der Waals surface area (Å²) in [6.45, 7) is 1.09. The molecule has 0 fully saturated rings. The molecular formula is C12H16N2O3. The van der Waals surface area contributed by atoms with Crippen LogP contribution in [0.25, 0.3) is 11.1 Å². The highest BCUT2D eigenvalue weighted by Crippen LogP contribution is 2.19. The smallest absolute Gasteiger partial charge is 0.408 e. The molecule has 0 aliphatic rings. The second kappa shape index (κ2) is 5.05. The van der Waals surface area contributed by atoms with E-state index in [1.165, 1.54) is 0 Å². The van der Waals surface area contributed by atoms with E-state index in [1.54, 1.807) is 6.07 Å². The lowest BCUT2D eigenvalue weighted by atomic mass is 10.2. The van der Waals surface area contributed by atoms with Gasteiger partial charge in [-0.25, -0.2) is 4.79 Å². The van der Waals surface area contributed by atoms with Gasteiger partial charge in [0.05, 0.1) is 5.52 Å². The van der Waals surface area contributed by atoms with E-state index < -0.39 is 5.76 Å². The SMILES string of the molecule is CN(CCCCO)c1ccc2oc(=O)[nH]c2c1. The number of hydrogen-bond acceptors (Lipinski definition) is 4. The molecule has 17 heavy (non-hydrogen) atoms. The van der Waals surface area contributed by atoms with Crippen LogP contribution in [-0.4, -0.2) is 30.3 Å². The summed E-state index contributed by atoms with van der Waals surface area (Å²) in [4.78, 5) is 15.7. The molecule has 92 valence electrons. The first-order valence-corrected chi connectivity index (χ1v) is 5.65. The number of unbranched alkanes of at least 4 members (excludes halogenated alkanes) is 1. The van der Waals surface area contributed by atoms with Crippen molar-refractivity contribution in [3.8, 4) is 0 Å². The Kier molecular flexibility index (Phi) is 3.49. The van der Waals surface area contributed by atoms with Gasteiger partial charge in [-0.05, 0) is 31.0 Å². The van der Waals surface area contributed by atoms with Gasteiger partial charge in [0, 0.05) is 25.9 Å². The summed E-state index contributed by atoms with van der Waals surface area (Å²) in [5.41, 5.74) is 2.30. The maximum atomic E-state index is 11.0. The van der Waals surface area contributed by atoms with Gasteiger partial charge >= 0.3 is 5.76 Å². The highest BCUT2D eigenvalue weighted by atomic mass is 16.4. The maximum Gasteiger partial charge on any atom is 0.417 e. The monoisotopic (exact) mass is 236 g/mol.